The fourth-order valence-electron chi connectivity index (χ4n) is 3.48. The molecule has 8 nitrogen and oxygen atoms in total. The first-order chi connectivity index (χ1) is 17.1. The van der Waals surface area contributed by atoms with E-state index in [9.17, 15) is 9.59 Å². The minimum Gasteiger partial charge on any atom is -0.497 e. The van der Waals surface area contributed by atoms with Gasteiger partial charge in [0.1, 0.15) is 23.3 Å². The number of para-hydroxylation sites is 1. The van der Waals surface area contributed by atoms with E-state index in [4.69, 9.17) is 13.9 Å². The highest BCUT2D eigenvalue weighted by molar-refractivity contribution is 7.22. The zero-order valence-electron chi connectivity index (χ0n) is 18.8. The Labute approximate surface area is 203 Å². The number of hydrogen-bond donors (Lipinski definition) is 0. The maximum atomic E-state index is 13.5. The van der Waals surface area contributed by atoms with Crippen LogP contribution in [0.4, 0.5) is 5.13 Å². The van der Waals surface area contributed by atoms with E-state index in [1.54, 1.807) is 61.7 Å². The summed E-state index contributed by atoms with van der Waals surface area (Å²) in [5, 5.41) is 6.30. The molecule has 2 heterocycles. The number of hydrazone groups is 1. The molecular weight excluding hydrogens is 466 g/mol. The summed E-state index contributed by atoms with van der Waals surface area (Å²) in [6, 6.07) is 19.1. The highest BCUT2D eigenvalue weighted by Gasteiger charge is 2.22. The van der Waals surface area contributed by atoms with Crippen LogP contribution in [0.2, 0.25) is 0 Å². The molecule has 5 aromatic rings. The molecule has 0 saturated heterocycles. The molecule has 3 aromatic carbocycles. The largest absolute Gasteiger partial charge is 0.497 e. The molecule has 0 atom stereocenters. The molecular formula is C26H19N3O5S. The van der Waals surface area contributed by atoms with Crippen molar-refractivity contribution in [3.05, 3.63) is 94.3 Å². The van der Waals surface area contributed by atoms with Crippen LogP contribution in [0.25, 0.3) is 21.2 Å². The lowest BCUT2D eigenvalue weighted by molar-refractivity contribution is 0.0987. The van der Waals surface area contributed by atoms with Crippen molar-refractivity contribution in [3.63, 3.8) is 0 Å². The van der Waals surface area contributed by atoms with Gasteiger partial charge in [-0.15, -0.1) is 0 Å². The van der Waals surface area contributed by atoms with Gasteiger partial charge in [0.15, 0.2) is 0 Å². The molecule has 5 rings (SSSR count). The number of ether oxygens (including phenoxy) is 2. The maximum Gasteiger partial charge on any atom is 0.280 e. The first kappa shape index (κ1) is 22.3. The van der Waals surface area contributed by atoms with Crippen molar-refractivity contribution in [2.75, 3.05) is 19.2 Å². The molecule has 0 aliphatic rings. The standard InChI is InChI=1S/C26H19N3O5S/c1-32-18-7-5-6-16(12-18)25(31)29(26-28-21-11-10-19(33-2)13-23(21)35-26)27-14-17-15-34-22-9-4-3-8-20(22)24(17)30/h3-15H,1-2H3/b27-14+. The van der Waals surface area contributed by atoms with Crippen LogP contribution in [-0.2, 0) is 0 Å². The van der Waals surface area contributed by atoms with Crippen LogP contribution in [-0.4, -0.2) is 31.3 Å². The molecule has 174 valence electrons. The average Bonchev–Trinajstić information content (AvgIpc) is 3.33. The third-order valence-corrected chi connectivity index (χ3v) is 6.29. The Hall–Kier alpha value is -4.50. The van der Waals surface area contributed by atoms with Crippen LogP contribution < -0.4 is 19.9 Å². The van der Waals surface area contributed by atoms with Crippen molar-refractivity contribution in [1.29, 1.82) is 0 Å². The minimum absolute atomic E-state index is 0.204. The smallest absolute Gasteiger partial charge is 0.280 e. The van der Waals surface area contributed by atoms with E-state index in [0.717, 1.165) is 4.70 Å². The van der Waals surface area contributed by atoms with Crippen molar-refractivity contribution < 1.29 is 18.7 Å². The van der Waals surface area contributed by atoms with Gasteiger partial charge in [-0.3, -0.25) is 9.59 Å². The van der Waals surface area contributed by atoms with Crippen LogP contribution in [0.1, 0.15) is 15.9 Å². The number of aromatic nitrogens is 1. The number of fused-ring (bicyclic) bond motifs is 2. The van der Waals surface area contributed by atoms with Crippen molar-refractivity contribution in [1.82, 2.24) is 4.98 Å². The predicted octanol–water partition coefficient (Wildman–Crippen LogP) is 5.10. The van der Waals surface area contributed by atoms with Gasteiger partial charge in [-0.1, -0.05) is 29.5 Å². The number of thiazole rings is 1. The van der Waals surface area contributed by atoms with Gasteiger partial charge in [0, 0.05) is 5.56 Å². The van der Waals surface area contributed by atoms with Crippen molar-refractivity contribution >= 4 is 49.8 Å². The first-order valence-electron chi connectivity index (χ1n) is 10.5. The second-order valence-corrected chi connectivity index (χ2v) is 8.45. The van der Waals surface area contributed by atoms with E-state index in [1.807, 2.05) is 12.1 Å². The maximum absolute atomic E-state index is 13.5. The summed E-state index contributed by atoms with van der Waals surface area (Å²) < 4.78 is 17.0. The number of nitrogens with zero attached hydrogens (tertiary/aromatic N) is 3. The van der Waals surface area contributed by atoms with Crippen molar-refractivity contribution in [2.45, 2.75) is 0 Å². The van der Waals surface area contributed by atoms with E-state index >= 15 is 0 Å². The molecule has 0 saturated carbocycles. The van der Waals surface area contributed by atoms with Gasteiger partial charge >= 0.3 is 0 Å². The number of rotatable bonds is 6. The fourth-order valence-corrected chi connectivity index (χ4v) is 4.43. The van der Waals surface area contributed by atoms with Crippen LogP contribution in [0, 0.1) is 0 Å². The molecule has 0 spiro atoms. The van der Waals surface area contributed by atoms with Crippen molar-refractivity contribution in [2.24, 2.45) is 5.10 Å². The van der Waals surface area contributed by atoms with Gasteiger partial charge in [0.25, 0.3) is 5.91 Å². The molecule has 0 aliphatic carbocycles. The van der Waals surface area contributed by atoms with Crippen LogP contribution in [0.3, 0.4) is 0 Å². The third kappa shape index (κ3) is 4.36. The predicted molar refractivity (Wildman–Crippen MR) is 136 cm³/mol. The molecule has 0 N–H and O–H groups in total. The van der Waals surface area contributed by atoms with Gasteiger partial charge in [-0.25, -0.2) is 4.98 Å². The van der Waals surface area contributed by atoms with Crippen LogP contribution in [0.5, 0.6) is 11.5 Å². The Morgan fingerprint density at radius 3 is 2.66 bits per heavy atom. The molecule has 0 bridgehead atoms. The van der Waals surface area contributed by atoms with Gasteiger partial charge in [0.2, 0.25) is 10.6 Å². The number of methoxy groups -OCH3 is 2. The normalized spacial score (nSPS) is 11.3. The summed E-state index contributed by atoms with van der Waals surface area (Å²) in [5.74, 6) is 0.774. The van der Waals surface area contributed by atoms with Gasteiger partial charge in [-0.05, 0) is 48.5 Å². The lowest BCUT2D eigenvalue weighted by atomic mass is 10.2. The van der Waals surface area contributed by atoms with Gasteiger partial charge < -0.3 is 13.9 Å². The zero-order valence-corrected chi connectivity index (χ0v) is 19.6. The molecule has 0 unspecified atom stereocenters. The van der Waals surface area contributed by atoms with Gasteiger partial charge in [-0.2, -0.15) is 10.1 Å². The van der Waals surface area contributed by atoms with Crippen LogP contribution >= 0.6 is 11.3 Å². The zero-order chi connectivity index (χ0) is 24.4. The van der Waals surface area contributed by atoms with E-state index in [-0.39, 0.29) is 11.0 Å². The second kappa shape index (κ2) is 9.40. The quantitative estimate of drug-likeness (QED) is 0.245. The molecule has 1 amide bonds. The number of carbonyl (C=O) groups is 1. The lowest BCUT2D eigenvalue weighted by Crippen LogP contribution is -2.26. The van der Waals surface area contributed by atoms with Gasteiger partial charge in [0.05, 0.1) is 41.6 Å². The average molecular weight is 486 g/mol. The summed E-state index contributed by atoms with van der Waals surface area (Å²) in [6.07, 6.45) is 2.63. The number of amides is 1. The summed E-state index contributed by atoms with van der Waals surface area (Å²) in [7, 11) is 3.11. The highest BCUT2D eigenvalue weighted by Crippen LogP contribution is 2.32. The third-order valence-electron chi connectivity index (χ3n) is 5.29. The van der Waals surface area contributed by atoms with E-state index < -0.39 is 5.91 Å². The molecule has 0 aliphatic heterocycles. The SMILES string of the molecule is COc1cccc(C(=O)N(/N=C/c2coc3ccccc3c2=O)c2nc3ccc(OC)cc3s2)c1. The first-order valence-corrected chi connectivity index (χ1v) is 11.4. The van der Waals surface area contributed by atoms with Crippen molar-refractivity contribution in [3.8, 4) is 11.5 Å². The van der Waals surface area contributed by atoms with E-state index in [2.05, 4.69) is 10.1 Å². The highest BCUT2D eigenvalue weighted by atomic mass is 32.1. The molecule has 0 radical (unpaired) electrons. The Bertz CT molecular complexity index is 1640. The number of anilines is 1. The fraction of sp³-hybridized carbons (Fsp3) is 0.0769. The Kier molecular flexibility index (Phi) is 5.99. The number of hydrogen-bond acceptors (Lipinski definition) is 8. The molecule has 35 heavy (non-hydrogen) atoms. The monoisotopic (exact) mass is 485 g/mol. The molecule has 9 heteroatoms. The Morgan fingerprint density at radius 2 is 1.83 bits per heavy atom. The Morgan fingerprint density at radius 1 is 1.03 bits per heavy atom. The second-order valence-electron chi connectivity index (χ2n) is 7.44. The van der Waals surface area contributed by atoms with E-state index in [0.29, 0.717) is 38.7 Å². The summed E-state index contributed by atoms with van der Waals surface area (Å²) >= 11 is 1.28. The number of carbonyl (C=O) groups excluding carboxylic acids is 1. The number of benzene rings is 3. The molecule has 0 fully saturated rings. The minimum atomic E-state index is -0.434. The van der Waals surface area contributed by atoms with E-state index in [1.165, 1.54) is 35.9 Å². The Balaban J connectivity index is 1.60. The van der Waals surface area contributed by atoms with Crippen LogP contribution in [0.15, 0.2) is 87.3 Å². The molecule has 2 aromatic heterocycles. The summed E-state index contributed by atoms with van der Waals surface area (Å²) in [4.78, 5) is 31.0. The lowest BCUT2D eigenvalue weighted by Gasteiger charge is -2.14. The summed E-state index contributed by atoms with van der Waals surface area (Å²) in [5.41, 5.74) is 1.46. The summed E-state index contributed by atoms with van der Waals surface area (Å²) in [6.45, 7) is 0. The topological polar surface area (TPSA) is 94.2 Å².